The first-order valence-electron chi connectivity index (χ1n) is 7.71. The van der Waals surface area contributed by atoms with Crippen molar-refractivity contribution in [3.05, 3.63) is 54.1 Å². The van der Waals surface area contributed by atoms with E-state index in [0.29, 0.717) is 22.7 Å². The highest BCUT2D eigenvalue weighted by Gasteiger charge is 2.37. The van der Waals surface area contributed by atoms with Crippen LogP contribution in [0.25, 0.3) is 0 Å². The van der Waals surface area contributed by atoms with E-state index in [-0.39, 0.29) is 6.42 Å². The zero-order valence-corrected chi connectivity index (χ0v) is 14.4. The van der Waals surface area contributed by atoms with Gasteiger partial charge in [-0.2, -0.15) is 0 Å². The minimum Gasteiger partial charge on any atom is -0.497 e. The molecule has 0 unspecified atom stereocenters. The lowest BCUT2D eigenvalue weighted by atomic mass is 9.79. The van der Waals surface area contributed by atoms with Crippen LogP contribution in [0.5, 0.6) is 11.5 Å². The van der Waals surface area contributed by atoms with E-state index in [0.717, 1.165) is 0 Å². The van der Waals surface area contributed by atoms with Gasteiger partial charge in [-0.15, -0.1) is 0 Å². The lowest BCUT2D eigenvalue weighted by Gasteiger charge is -2.24. The van der Waals surface area contributed by atoms with Crippen molar-refractivity contribution < 1.29 is 24.2 Å². The van der Waals surface area contributed by atoms with Gasteiger partial charge in [0.25, 0.3) is 0 Å². The Hall–Kier alpha value is -3.02. The number of amides is 1. The molecule has 0 saturated carbocycles. The van der Waals surface area contributed by atoms with Gasteiger partial charge < -0.3 is 19.9 Å². The van der Waals surface area contributed by atoms with Crippen molar-refractivity contribution in [3.63, 3.8) is 0 Å². The lowest BCUT2D eigenvalue weighted by Crippen LogP contribution is -2.36. The molecule has 1 atom stereocenters. The van der Waals surface area contributed by atoms with E-state index in [1.807, 2.05) is 0 Å². The van der Waals surface area contributed by atoms with E-state index in [2.05, 4.69) is 5.32 Å². The summed E-state index contributed by atoms with van der Waals surface area (Å²) in [5.74, 6) is -0.418. The average molecular weight is 343 g/mol. The van der Waals surface area contributed by atoms with Crippen LogP contribution in [-0.4, -0.2) is 31.2 Å². The molecule has 0 fully saturated rings. The minimum atomic E-state index is -1.33. The van der Waals surface area contributed by atoms with Crippen LogP contribution in [0.4, 0.5) is 5.69 Å². The van der Waals surface area contributed by atoms with E-state index in [4.69, 9.17) is 9.47 Å². The number of hydrogen-bond acceptors (Lipinski definition) is 4. The third-order valence-corrected chi connectivity index (χ3v) is 4.03. The molecule has 2 N–H and O–H groups in total. The van der Waals surface area contributed by atoms with Crippen molar-refractivity contribution in [2.24, 2.45) is 0 Å². The SMILES string of the molecule is COc1cc(NC(=O)C[C@](C)(C(=O)O)c2ccccc2)cc(OC)c1. The standard InChI is InChI=1S/C19H21NO5/c1-19(18(22)23,13-7-5-4-6-8-13)12-17(21)20-14-9-15(24-2)11-16(10-14)25-3/h4-11H,12H2,1-3H3,(H,20,21)(H,22,23)/t19-/m0/s1. The topological polar surface area (TPSA) is 84.9 Å². The van der Waals surface area contributed by atoms with Crippen molar-refractivity contribution in [1.29, 1.82) is 0 Å². The van der Waals surface area contributed by atoms with Crippen molar-refractivity contribution in [1.82, 2.24) is 0 Å². The molecular formula is C19H21NO5. The van der Waals surface area contributed by atoms with Crippen molar-refractivity contribution >= 4 is 17.6 Å². The highest BCUT2D eigenvalue weighted by molar-refractivity contribution is 5.96. The second kappa shape index (κ2) is 7.70. The van der Waals surface area contributed by atoms with Crippen LogP contribution in [0.3, 0.4) is 0 Å². The summed E-state index contributed by atoms with van der Waals surface area (Å²) in [4.78, 5) is 24.2. The molecule has 0 radical (unpaired) electrons. The largest absolute Gasteiger partial charge is 0.497 e. The van der Waals surface area contributed by atoms with Crippen molar-refractivity contribution in [2.75, 3.05) is 19.5 Å². The zero-order chi connectivity index (χ0) is 18.4. The summed E-state index contributed by atoms with van der Waals surface area (Å²) < 4.78 is 10.3. The van der Waals surface area contributed by atoms with Gasteiger partial charge in [-0.05, 0) is 12.5 Å². The number of hydrogen-bond donors (Lipinski definition) is 2. The predicted octanol–water partition coefficient (Wildman–Crippen LogP) is 3.07. The maximum Gasteiger partial charge on any atom is 0.314 e. The summed E-state index contributed by atoms with van der Waals surface area (Å²) in [6, 6.07) is 13.7. The first-order valence-corrected chi connectivity index (χ1v) is 7.71. The van der Waals surface area contributed by atoms with Gasteiger partial charge >= 0.3 is 5.97 Å². The first kappa shape index (κ1) is 18.3. The van der Waals surface area contributed by atoms with E-state index in [1.54, 1.807) is 48.5 Å². The molecule has 2 aromatic rings. The van der Waals surface area contributed by atoms with Gasteiger partial charge in [-0.25, -0.2) is 0 Å². The predicted molar refractivity (Wildman–Crippen MR) is 94.2 cm³/mol. The molecule has 6 nitrogen and oxygen atoms in total. The number of ether oxygens (including phenoxy) is 2. The van der Waals surface area contributed by atoms with Crippen LogP contribution in [0, 0.1) is 0 Å². The number of carboxylic acid groups (broad SMARTS) is 1. The Labute approximate surface area is 146 Å². The fraction of sp³-hybridized carbons (Fsp3) is 0.263. The molecule has 0 aliphatic rings. The van der Waals surface area contributed by atoms with Crippen molar-refractivity contribution in [3.8, 4) is 11.5 Å². The van der Waals surface area contributed by atoms with Crippen LogP contribution >= 0.6 is 0 Å². The van der Waals surface area contributed by atoms with Crippen molar-refractivity contribution in [2.45, 2.75) is 18.8 Å². The molecule has 25 heavy (non-hydrogen) atoms. The summed E-state index contributed by atoms with van der Waals surface area (Å²) in [6.07, 6.45) is -0.203. The highest BCUT2D eigenvalue weighted by atomic mass is 16.5. The monoisotopic (exact) mass is 343 g/mol. The van der Waals surface area contributed by atoms with Gasteiger partial charge in [0.2, 0.25) is 5.91 Å². The molecule has 0 aliphatic heterocycles. The molecule has 0 bridgehead atoms. The summed E-state index contributed by atoms with van der Waals surface area (Å²) in [6.45, 7) is 1.54. The molecule has 0 spiro atoms. The van der Waals surface area contributed by atoms with Crippen LogP contribution in [0.2, 0.25) is 0 Å². The van der Waals surface area contributed by atoms with E-state index < -0.39 is 17.3 Å². The van der Waals surface area contributed by atoms with Crippen LogP contribution < -0.4 is 14.8 Å². The van der Waals surface area contributed by atoms with Crippen LogP contribution in [-0.2, 0) is 15.0 Å². The van der Waals surface area contributed by atoms with E-state index in [9.17, 15) is 14.7 Å². The Morgan fingerprint density at radius 1 is 1.04 bits per heavy atom. The summed E-state index contributed by atoms with van der Waals surface area (Å²) in [5, 5.41) is 12.4. The summed E-state index contributed by atoms with van der Waals surface area (Å²) in [5.41, 5.74) is -0.281. The number of benzene rings is 2. The maximum atomic E-state index is 12.4. The van der Waals surface area contributed by atoms with Gasteiger partial charge in [0.05, 0.1) is 19.6 Å². The molecule has 2 aromatic carbocycles. The fourth-order valence-corrected chi connectivity index (χ4v) is 2.51. The molecule has 0 saturated heterocycles. The fourth-order valence-electron chi connectivity index (χ4n) is 2.51. The molecule has 1 amide bonds. The second-order valence-electron chi connectivity index (χ2n) is 5.83. The van der Waals surface area contributed by atoms with Crippen LogP contribution in [0.15, 0.2) is 48.5 Å². The van der Waals surface area contributed by atoms with Gasteiger partial charge in [0, 0.05) is 30.3 Å². The zero-order valence-electron chi connectivity index (χ0n) is 14.4. The number of aliphatic carboxylic acids is 1. The van der Waals surface area contributed by atoms with E-state index >= 15 is 0 Å². The molecule has 6 heteroatoms. The Morgan fingerprint density at radius 3 is 2.08 bits per heavy atom. The third kappa shape index (κ3) is 4.29. The molecule has 0 aliphatic carbocycles. The number of carboxylic acids is 1. The number of nitrogens with one attached hydrogen (secondary N) is 1. The molecular weight excluding hydrogens is 322 g/mol. The smallest absolute Gasteiger partial charge is 0.314 e. The number of methoxy groups -OCH3 is 2. The average Bonchev–Trinajstić information content (AvgIpc) is 2.61. The van der Waals surface area contributed by atoms with Gasteiger partial charge in [-0.1, -0.05) is 30.3 Å². The van der Waals surface area contributed by atoms with Gasteiger partial charge in [0.15, 0.2) is 0 Å². The Balaban J connectivity index is 2.22. The number of carbonyl (C=O) groups is 2. The second-order valence-corrected chi connectivity index (χ2v) is 5.83. The van der Waals surface area contributed by atoms with Gasteiger partial charge in [-0.3, -0.25) is 9.59 Å². The Kier molecular flexibility index (Phi) is 5.64. The molecule has 132 valence electrons. The number of rotatable bonds is 7. The molecule has 0 aromatic heterocycles. The summed E-state index contributed by atoms with van der Waals surface area (Å²) >= 11 is 0. The Bertz CT molecular complexity index is 737. The quantitative estimate of drug-likeness (QED) is 0.807. The minimum absolute atomic E-state index is 0.203. The third-order valence-electron chi connectivity index (χ3n) is 4.03. The van der Waals surface area contributed by atoms with Crippen LogP contribution in [0.1, 0.15) is 18.9 Å². The molecule has 0 heterocycles. The first-order chi connectivity index (χ1) is 11.9. The maximum absolute atomic E-state index is 12.4. The van der Waals surface area contributed by atoms with Gasteiger partial charge in [0.1, 0.15) is 11.5 Å². The normalized spacial score (nSPS) is 12.8. The number of carbonyl (C=O) groups excluding carboxylic acids is 1. The van der Waals surface area contributed by atoms with E-state index in [1.165, 1.54) is 21.1 Å². The summed E-state index contributed by atoms with van der Waals surface area (Å²) in [7, 11) is 3.02. The number of anilines is 1. The highest BCUT2D eigenvalue weighted by Crippen LogP contribution is 2.30. The lowest BCUT2D eigenvalue weighted by molar-refractivity contribution is -0.145. The Morgan fingerprint density at radius 2 is 1.60 bits per heavy atom. The molecule has 2 rings (SSSR count).